The second-order valence-corrected chi connectivity index (χ2v) is 6.59. The highest BCUT2D eigenvalue weighted by Gasteiger charge is 2.22. The molecule has 1 aromatic heterocycles. The van der Waals surface area contributed by atoms with Gasteiger partial charge in [-0.2, -0.15) is 0 Å². The molecule has 2 heterocycles. The Labute approximate surface area is 130 Å². The van der Waals surface area contributed by atoms with Crippen LogP contribution in [0, 0.1) is 11.8 Å². The Hall–Kier alpha value is -1.81. The number of hydrogen-bond donors (Lipinski definition) is 0. The molecular weight excluding hydrogens is 278 g/mol. The van der Waals surface area contributed by atoms with Gasteiger partial charge in [0.1, 0.15) is 11.3 Å². The molecule has 0 unspecified atom stereocenters. The van der Waals surface area contributed by atoms with Gasteiger partial charge in [-0.1, -0.05) is 13.8 Å². The second kappa shape index (κ2) is 6.13. The summed E-state index contributed by atoms with van der Waals surface area (Å²) < 4.78 is 10.5. The lowest BCUT2D eigenvalue weighted by Gasteiger charge is -2.35. The zero-order chi connectivity index (χ0) is 15.7. The monoisotopic (exact) mass is 301 g/mol. The van der Waals surface area contributed by atoms with Crippen molar-refractivity contribution in [3.05, 3.63) is 40.2 Å². The third-order valence-electron chi connectivity index (χ3n) is 4.38. The first-order valence-electron chi connectivity index (χ1n) is 7.88. The molecule has 3 rings (SSSR count). The van der Waals surface area contributed by atoms with Crippen molar-refractivity contribution in [1.29, 1.82) is 0 Å². The second-order valence-electron chi connectivity index (χ2n) is 6.59. The van der Waals surface area contributed by atoms with Crippen LogP contribution in [0.15, 0.2) is 33.5 Å². The molecule has 1 aliphatic heterocycles. The number of likely N-dealkylation sites (tertiary alicyclic amines) is 1. The molecule has 0 spiro atoms. The van der Waals surface area contributed by atoms with Crippen LogP contribution in [0.4, 0.5) is 0 Å². The van der Waals surface area contributed by atoms with Crippen LogP contribution >= 0.6 is 0 Å². The summed E-state index contributed by atoms with van der Waals surface area (Å²) in [5, 5.41) is 0.992. The van der Waals surface area contributed by atoms with E-state index in [0.717, 1.165) is 30.6 Å². The lowest BCUT2D eigenvalue weighted by atomic mass is 9.91. The number of ether oxygens (including phenoxy) is 1. The zero-order valence-electron chi connectivity index (χ0n) is 13.5. The number of hydrogen-bond acceptors (Lipinski definition) is 4. The van der Waals surface area contributed by atoms with E-state index >= 15 is 0 Å². The van der Waals surface area contributed by atoms with Gasteiger partial charge in [0, 0.05) is 37.2 Å². The Balaban J connectivity index is 1.94. The molecule has 2 aromatic rings. The number of methoxy groups -OCH3 is 1. The minimum atomic E-state index is -0.297. The van der Waals surface area contributed by atoms with Gasteiger partial charge in [-0.25, -0.2) is 4.79 Å². The van der Waals surface area contributed by atoms with E-state index in [1.807, 2.05) is 12.1 Å². The van der Waals surface area contributed by atoms with Gasteiger partial charge in [0.05, 0.1) is 7.11 Å². The van der Waals surface area contributed by atoms with E-state index in [4.69, 9.17) is 9.15 Å². The first-order chi connectivity index (χ1) is 10.5. The SMILES string of the molecule is COc1ccc2c(CN3C[C@@H](C)C[C@H](C)C3)cc(=O)oc2c1. The molecule has 22 heavy (non-hydrogen) atoms. The third-order valence-corrected chi connectivity index (χ3v) is 4.38. The largest absolute Gasteiger partial charge is 0.497 e. The molecule has 1 fully saturated rings. The Morgan fingerprint density at radius 3 is 2.64 bits per heavy atom. The van der Waals surface area contributed by atoms with E-state index in [1.54, 1.807) is 19.2 Å². The minimum absolute atomic E-state index is 0.297. The van der Waals surface area contributed by atoms with Gasteiger partial charge in [0.2, 0.25) is 0 Å². The third kappa shape index (κ3) is 3.17. The van der Waals surface area contributed by atoms with Crippen LogP contribution in [-0.4, -0.2) is 25.1 Å². The van der Waals surface area contributed by atoms with Crippen molar-refractivity contribution in [2.45, 2.75) is 26.8 Å². The van der Waals surface area contributed by atoms with Gasteiger partial charge in [-0.15, -0.1) is 0 Å². The van der Waals surface area contributed by atoms with E-state index in [2.05, 4.69) is 18.7 Å². The maximum atomic E-state index is 11.8. The molecule has 1 saturated heterocycles. The van der Waals surface area contributed by atoms with Crippen LogP contribution < -0.4 is 10.4 Å². The van der Waals surface area contributed by atoms with Gasteiger partial charge in [-0.05, 0) is 36.0 Å². The first-order valence-corrected chi connectivity index (χ1v) is 7.88. The maximum absolute atomic E-state index is 11.8. The maximum Gasteiger partial charge on any atom is 0.336 e. The summed E-state index contributed by atoms with van der Waals surface area (Å²) in [5.74, 6) is 2.11. The van der Waals surface area contributed by atoms with E-state index in [9.17, 15) is 4.79 Å². The van der Waals surface area contributed by atoms with Gasteiger partial charge in [-0.3, -0.25) is 4.90 Å². The normalized spacial score (nSPS) is 22.9. The average molecular weight is 301 g/mol. The highest BCUT2D eigenvalue weighted by molar-refractivity contribution is 5.81. The van der Waals surface area contributed by atoms with Gasteiger partial charge in [0.15, 0.2) is 0 Å². The summed E-state index contributed by atoms with van der Waals surface area (Å²) in [6.45, 7) is 7.56. The smallest absolute Gasteiger partial charge is 0.336 e. The number of benzene rings is 1. The van der Waals surface area contributed by atoms with Crippen LogP contribution in [0.25, 0.3) is 11.0 Å². The minimum Gasteiger partial charge on any atom is -0.497 e. The summed E-state index contributed by atoms with van der Waals surface area (Å²) >= 11 is 0. The van der Waals surface area contributed by atoms with Crippen LogP contribution in [0.2, 0.25) is 0 Å². The van der Waals surface area contributed by atoms with Crippen LogP contribution in [0.3, 0.4) is 0 Å². The molecule has 0 radical (unpaired) electrons. The topological polar surface area (TPSA) is 42.7 Å². The van der Waals surface area contributed by atoms with Crippen LogP contribution in [0.1, 0.15) is 25.8 Å². The Morgan fingerprint density at radius 2 is 1.95 bits per heavy atom. The van der Waals surface area contributed by atoms with Crippen molar-refractivity contribution in [2.75, 3.05) is 20.2 Å². The quantitative estimate of drug-likeness (QED) is 0.816. The molecule has 4 nitrogen and oxygen atoms in total. The van der Waals surface area contributed by atoms with Crippen molar-refractivity contribution < 1.29 is 9.15 Å². The van der Waals surface area contributed by atoms with E-state index in [-0.39, 0.29) is 5.63 Å². The van der Waals surface area contributed by atoms with Crippen molar-refractivity contribution in [1.82, 2.24) is 4.90 Å². The van der Waals surface area contributed by atoms with Gasteiger partial charge < -0.3 is 9.15 Å². The number of nitrogens with zero attached hydrogens (tertiary/aromatic N) is 1. The summed E-state index contributed by atoms with van der Waals surface area (Å²) in [5.41, 5.74) is 1.34. The van der Waals surface area contributed by atoms with Gasteiger partial charge >= 0.3 is 5.63 Å². The molecule has 118 valence electrons. The predicted molar refractivity (Wildman–Crippen MR) is 87.3 cm³/mol. The molecule has 0 N–H and O–H groups in total. The molecule has 2 atom stereocenters. The molecule has 0 saturated carbocycles. The van der Waals surface area contributed by atoms with Crippen molar-refractivity contribution in [3.63, 3.8) is 0 Å². The van der Waals surface area contributed by atoms with Crippen molar-refractivity contribution >= 4 is 11.0 Å². The molecule has 0 bridgehead atoms. The summed E-state index contributed by atoms with van der Waals surface area (Å²) in [7, 11) is 1.61. The molecule has 1 aromatic carbocycles. The van der Waals surface area contributed by atoms with E-state index < -0.39 is 0 Å². The highest BCUT2D eigenvalue weighted by atomic mass is 16.5. The summed E-state index contributed by atoms with van der Waals surface area (Å²) in [6, 6.07) is 7.29. The fourth-order valence-electron chi connectivity index (χ4n) is 3.63. The fraction of sp³-hybridized carbons (Fsp3) is 0.500. The predicted octanol–water partition coefficient (Wildman–Crippen LogP) is 3.28. The zero-order valence-corrected chi connectivity index (χ0v) is 13.5. The van der Waals surface area contributed by atoms with Crippen molar-refractivity contribution in [2.24, 2.45) is 11.8 Å². The molecule has 0 aliphatic carbocycles. The summed E-state index contributed by atoms with van der Waals surface area (Å²) in [6.07, 6.45) is 1.28. The fourth-order valence-corrected chi connectivity index (χ4v) is 3.63. The standard InChI is InChI=1S/C18H23NO3/c1-12-6-13(2)10-19(9-12)11-14-7-18(20)22-17-8-15(21-3)4-5-16(14)17/h4-5,7-8,12-13H,6,9-11H2,1-3H3/t12-,13-/m0/s1. The highest BCUT2D eigenvalue weighted by Crippen LogP contribution is 2.26. The van der Waals surface area contributed by atoms with Gasteiger partial charge in [0.25, 0.3) is 0 Å². The number of piperidine rings is 1. The van der Waals surface area contributed by atoms with E-state index in [1.165, 1.54) is 6.42 Å². The lowest BCUT2D eigenvalue weighted by Crippen LogP contribution is -2.38. The van der Waals surface area contributed by atoms with Crippen molar-refractivity contribution in [3.8, 4) is 5.75 Å². The number of fused-ring (bicyclic) bond motifs is 1. The van der Waals surface area contributed by atoms with E-state index in [0.29, 0.717) is 23.2 Å². The van der Waals surface area contributed by atoms with Crippen LogP contribution in [-0.2, 0) is 6.54 Å². The Morgan fingerprint density at radius 1 is 1.23 bits per heavy atom. The molecule has 4 heteroatoms. The first kappa shape index (κ1) is 15.1. The average Bonchev–Trinajstić information content (AvgIpc) is 2.45. The Bertz CT molecular complexity index is 712. The molecule has 1 aliphatic rings. The summed E-state index contributed by atoms with van der Waals surface area (Å²) in [4.78, 5) is 14.3. The lowest BCUT2D eigenvalue weighted by molar-refractivity contribution is 0.134. The number of rotatable bonds is 3. The van der Waals surface area contributed by atoms with Crippen LogP contribution in [0.5, 0.6) is 5.75 Å². The molecule has 0 amide bonds. The Kier molecular flexibility index (Phi) is 4.21. The molecular formula is C18H23NO3.